The summed E-state index contributed by atoms with van der Waals surface area (Å²) < 4.78 is 44.2. The molecule has 0 unspecified atom stereocenters. The Morgan fingerprint density at radius 1 is 1.00 bits per heavy atom. The molecule has 29 heavy (non-hydrogen) atoms. The van der Waals surface area contributed by atoms with Crippen LogP contribution >= 0.6 is 0 Å². The second-order valence-electron chi connectivity index (χ2n) is 7.37. The summed E-state index contributed by atoms with van der Waals surface area (Å²) in [5, 5.41) is 5.13. The number of carbonyl (C=O) groups is 2. The number of amides is 2. The fourth-order valence-corrected chi connectivity index (χ4v) is 2.59. The molecule has 2 amide bonds. The van der Waals surface area contributed by atoms with E-state index in [9.17, 15) is 22.8 Å². The molecule has 0 aliphatic rings. The lowest BCUT2D eigenvalue weighted by Gasteiger charge is -2.19. The standard InChI is InChI=1S/C21H23F3N2O3/c1-20(2,3)29-19(28)26-16-9-6-8-15(13-16)18(27)25-12-11-14-7-4-5-10-17(14)21(22,23)24/h4-10,13H,11-12H2,1-3H3,(H,25,27)(H,26,28). The van der Waals surface area contributed by atoms with E-state index in [4.69, 9.17) is 4.74 Å². The molecule has 0 heterocycles. The lowest BCUT2D eigenvalue weighted by atomic mass is 10.0. The van der Waals surface area contributed by atoms with Gasteiger partial charge in [-0.1, -0.05) is 24.3 Å². The molecular weight excluding hydrogens is 385 g/mol. The summed E-state index contributed by atoms with van der Waals surface area (Å²) >= 11 is 0. The summed E-state index contributed by atoms with van der Waals surface area (Å²) in [6.07, 6.45) is -5.06. The maximum atomic E-state index is 13.0. The van der Waals surface area contributed by atoms with Gasteiger partial charge in [-0.05, 0) is 57.0 Å². The first-order valence-electron chi connectivity index (χ1n) is 8.99. The predicted molar refractivity (Wildman–Crippen MR) is 104 cm³/mol. The lowest BCUT2D eigenvalue weighted by Crippen LogP contribution is -2.28. The molecule has 0 aliphatic carbocycles. The highest BCUT2D eigenvalue weighted by Gasteiger charge is 2.32. The highest BCUT2D eigenvalue weighted by atomic mass is 19.4. The van der Waals surface area contributed by atoms with Gasteiger partial charge in [0, 0.05) is 17.8 Å². The third kappa shape index (κ3) is 7.14. The first kappa shape index (κ1) is 22.3. The van der Waals surface area contributed by atoms with Crippen LogP contribution in [-0.2, 0) is 17.3 Å². The maximum absolute atomic E-state index is 13.0. The number of ether oxygens (including phenoxy) is 1. The second-order valence-corrected chi connectivity index (χ2v) is 7.37. The number of hydrogen-bond donors (Lipinski definition) is 2. The number of alkyl halides is 3. The van der Waals surface area contributed by atoms with Gasteiger partial charge in [0.15, 0.2) is 0 Å². The van der Waals surface area contributed by atoms with E-state index in [-0.39, 0.29) is 24.1 Å². The Labute approximate surface area is 167 Å². The van der Waals surface area contributed by atoms with E-state index in [2.05, 4.69) is 10.6 Å². The van der Waals surface area contributed by atoms with Crippen LogP contribution in [0.1, 0.15) is 42.3 Å². The van der Waals surface area contributed by atoms with Crippen LogP contribution in [0.4, 0.5) is 23.7 Å². The van der Waals surface area contributed by atoms with Gasteiger partial charge in [0.25, 0.3) is 5.91 Å². The van der Waals surface area contributed by atoms with Gasteiger partial charge in [-0.3, -0.25) is 10.1 Å². The average molecular weight is 408 g/mol. The number of anilines is 1. The maximum Gasteiger partial charge on any atom is 0.416 e. The summed E-state index contributed by atoms with van der Waals surface area (Å²) in [4.78, 5) is 24.1. The molecule has 2 rings (SSSR count). The molecule has 2 N–H and O–H groups in total. The highest BCUT2D eigenvalue weighted by molar-refractivity contribution is 5.96. The summed E-state index contributed by atoms with van der Waals surface area (Å²) in [6.45, 7) is 5.23. The molecule has 2 aromatic rings. The largest absolute Gasteiger partial charge is 0.444 e. The van der Waals surface area contributed by atoms with Crippen LogP contribution in [0.2, 0.25) is 0 Å². The van der Waals surface area contributed by atoms with Gasteiger partial charge in [-0.15, -0.1) is 0 Å². The zero-order chi connectivity index (χ0) is 21.7. The van der Waals surface area contributed by atoms with Crippen LogP contribution in [0.5, 0.6) is 0 Å². The van der Waals surface area contributed by atoms with E-state index >= 15 is 0 Å². The molecule has 0 saturated heterocycles. The molecule has 8 heteroatoms. The molecule has 0 spiro atoms. The Kier molecular flexibility index (Phi) is 6.89. The molecule has 0 radical (unpaired) electrons. The van der Waals surface area contributed by atoms with Crippen molar-refractivity contribution in [3.63, 3.8) is 0 Å². The number of hydrogen-bond acceptors (Lipinski definition) is 3. The summed E-state index contributed by atoms with van der Waals surface area (Å²) in [6, 6.07) is 11.4. The number of benzene rings is 2. The quantitative estimate of drug-likeness (QED) is 0.730. The van der Waals surface area contributed by atoms with Crippen LogP contribution in [0.25, 0.3) is 0 Å². The van der Waals surface area contributed by atoms with E-state index in [1.165, 1.54) is 24.3 Å². The Bertz CT molecular complexity index is 874. The van der Waals surface area contributed by atoms with Crippen molar-refractivity contribution in [2.24, 2.45) is 0 Å². The van der Waals surface area contributed by atoms with Gasteiger partial charge < -0.3 is 10.1 Å². The minimum Gasteiger partial charge on any atom is -0.444 e. The highest BCUT2D eigenvalue weighted by Crippen LogP contribution is 2.31. The van der Waals surface area contributed by atoms with Crippen LogP contribution in [-0.4, -0.2) is 24.1 Å². The van der Waals surface area contributed by atoms with E-state index in [1.54, 1.807) is 39.0 Å². The summed E-state index contributed by atoms with van der Waals surface area (Å²) in [7, 11) is 0. The first-order valence-corrected chi connectivity index (χ1v) is 8.99. The molecule has 156 valence electrons. The normalized spacial score (nSPS) is 11.7. The predicted octanol–water partition coefficient (Wildman–Crippen LogP) is 5.02. The third-order valence-electron chi connectivity index (χ3n) is 3.77. The van der Waals surface area contributed by atoms with Gasteiger partial charge in [0.05, 0.1) is 5.56 Å². The van der Waals surface area contributed by atoms with E-state index in [0.717, 1.165) is 6.07 Å². The minimum absolute atomic E-state index is 0.0373. The van der Waals surface area contributed by atoms with Crippen LogP contribution in [0.3, 0.4) is 0 Å². The smallest absolute Gasteiger partial charge is 0.416 e. The SMILES string of the molecule is CC(C)(C)OC(=O)Nc1cccc(C(=O)NCCc2ccccc2C(F)(F)F)c1. The Balaban J connectivity index is 1.96. The third-order valence-corrected chi connectivity index (χ3v) is 3.77. The fourth-order valence-electron chi connectivity index (χ4n) is 2.59. The van der Waals surface area contributed by atoms with E-state index < -0.39 is 29.3 Å². The topological polar surface area (TPSA) is 67.4 Å². The monoisotopic (exact) mass is 408 g/mol. The molecule has 2 aromatic carbocycles. The zero-order valence-electron chi connectivity index (χ0n) is 16.4. The van der Waals surface area contributed by atoms with Crippen molar-refractivity contribution in [1.29, 1.82) is 0 Å². The Morgan fingerprint density at radius 2 is 1.69 bits per heavy atom. The zero-order valence-corrected chi connectivity index (χ0v) is 16.4. The molecular formula is C21H23F3N2O3. The minimum atomic E-state index is -4.44. The summed E-state index contributed by atoms with van der Waals surface area (Å²) in [5.74, 6) is -0.456. The van der Waals surface area contributed by atoms with Gasteiger partial charge in [-0.25, -0.2) is 4.79 Å². The molecule has 0 bridgehead atoms. The van der Waals surface area contributed by atoms with Gasteiger partial charge in [0.1, 0.15) is 5.60 Å². The molecule has 0 atom stereocenters. The molecule has 0 saturated carbocycles. The molecule has 0 aromatic heterocycles. The van der Waals surface area contributed by atoms with Crippen LogP contribution in [0.15, 0.2) is 48.5 Å². The Hall–Kier alpha value is -3.03. The van der Waals surface area contributed by atoms with Gasteiger partial charge in [-0.2, -0.15) is 13.2 Å². The molecule has 0 fully saturated rings. The lowest BCUT2D eigenvalue weighted by molar-refractivity contribution is -0.138. The number of halogens is 3. The fraction of sp³-hybridized carbons (Fsp3) is 0.333. The van der Waals surface area contributed by atoms with Crippen molar-refractivity contribution >= 4 is 17.7 Å². The van der Waals surface area contributed by atoms with Crippen molar-refractivity contribution < 1.29 is 27.5 Å². The molecule has 5 nitrogen and oxygen atoms in total. The number of nitrogens with one attached hydrogen (secondary N) is 2. The van der Waals surface area contributed by atoms with Crippen LogP contribution < -0.4 is 10.6 Å². The Morgan fingerprint density at radius 3 is 2.34 bits per heavy atom. The van der Waals surface area contributed by atoms with Gasteiger partial charge in [0.2, 0.25) is 0 Å². The average Bonchev–Trinajstić information content (AvgIpc) is 2.59. The van der Waals surface area contributed by atoms with Crippen molar-refractivity contribution in [2.45, 2.75) is 39.0 Å². The van der Waals surface area contributed by atoms with Crippen molar-refractivity contribution in [3.05, 3.63) is 65.2 Å². The first-order chi connectivity index (χ1) is 13.5. The number of carbonyl (C=O) groups excluding carboxylic acids is 2. The second kappa shape index (κ2) is 8.98. The van der Waals surface area contributed by atoms with Gasteiger partial charge >= 0.3 is 12.3 Å². The van der Waals surface area contributed by atoms with E-state index in [1.807, 2.05) is 0 Å². The molecule has 0 aliphatic heterocycles. The summed E-state index contributed by atoms with van der Waals surface area (Å²) in [5.41, 5.74) is -0.624. The number of rotatable bonds is 5. The van der Waals surface area contributed by atoms with Crippen molar-refractivity contribution in [2.75, 3.05) is 11.9 Å². The van der Waals surface area contributed by atoms with Crippen molar-refractivity contribution in [1.82, 2.24) is 5.32 Å². The van der Waals surface area contributed by atoms with Crippen molar-refractivity contribution in [3.8, 4) is 0 Å². The van der Waals surface area contributed by atoms with Crippen LogP contribution in [0, 0.1) is 0 Å². The van der Waals surface area contributed by atoms with E-state index in [0.29, 0.717) is 5.69 Å².